The smallest absolute Gasteiger partial charge is 0.305 e. The average Bonchev–Trinajstić information content (AvgIpc) is 3.23. The normalized spacial score (nSPS) is 11.8. The van der Waals surface area contributed by atoms with E-state index in [1.165, 1.54) is 12.1 Å². The number of fused-ring (bicyclic) bond motifs is 1. The van der Waals surface area contributed by atoms with Crippen molar-refractivity contribution in [1.82, 2.24) is 14.7 Å². The molecule has 0 saturated heterocycles. The number of carboxylic acids is 1. The van der Waals surface area contributed by atoms with E-state index in [4.69, 9.17) is 4.98 Å². The summed E-state index contributed by atoms with van der Waals surface area (Å²) in [5.74, 6) is -1.08. The highest BCUT2D eigenvalue weighted by molar-refractivity contribution is 6.01. The van der Waals surface area contributed by atoms with Crippen LogP contribution in [0.3, 0.4) is 0 Å². The first-order valence-electron chi connectivity index (χ1n) is 11.6. The first kappa shape index (κ1) is 23.9. The van der Waals surface area contributed by atoms with Crippen LogP contribution in [-0.2, 0) is 4.79 Å². The number of unbranched alkanes of at least 4 members (excludes halogenated alkanes) is 1. The Morgan fingerprint density at radius 3 is 2.49 bits per heavy atom. The van der Waals surface area contributed by atoms with Gasteiger partial charge in [-0.2, -0.15) is 0 Å². The summed E-state index contributed by atoms with van der Waals surface area (Å²) in [6.07, 6.45) is 3.52. The number of nitrogens with one attached hydrogen (secondary N) is 2. The standard InChI is InChI=1S/C27H27FN4O3/c1-2-3-15-29-26-24(19-11-13-20(28)14-12-19)31-25-21(10-7-16-32(25)26)27(35)30-22(17-23(33)34)18-8-5-4-6-9-18/h4-14,16,22,29H,2-3,15,17H2,1H3,(H,30,35)(H,33,34). The van der Waals surface area contributed by atoms with Crippen molar-refractivity contribution < 1.29 is 19.1 Å². The van der Waals surface area contributed by atoms with Gasteiger partial charge >= 0.3 is 5.97 Å². The molecule has 2 heterocycles. The summed E-state index contributed by atoms with van der Waals surface area (Å²) in [5.41, 5.74) is 2.75. The van der Waals surface area contributed by atoms with Crippen LogP contribution in [0, 0.1) is 5.82 Å². The first-order chi connectivity index (χ1) is 17.0. The topological polar surface area (TPSA) is 95.7 Å². The van der Waals surface area contributed by atoms with Gasteiger partial charge in [0.1, 0.15) is 17.3 Å². The molecular formula is C27H27FN4O3. The third-order valence-electron chi connectivity index (χ3n) is 5.72. The lowest BCUT2D eigenvalue weighted by Crippen LogP contribution is -2.30. The van der Waals surface area contributed by atoms with E-state index in [-0.39, 0.29) is 12.2 Å². The number of nitrogens with zero attached hydrogens (tertiary/aromatic N) is 2. The minimum Gasteiger partial charge on any atom is -0.481 e. The van der Waals surface area contributed by atoms with Crippen molar-refractivity contribution in [2.24, 2.45) is 0 Å². The SMILES string of the molecule is CCCCNc1c(-c2ccc(F)cc2)nc2c(C(=O)NC(CC(=O)O)c3ccccc3)cccn12. The summed E-state index contributed by atoms with van der Waals surface area (Å²) >= 11 is 0. The van der Waals surface area contributed by atoms with E-state index in [2.05, 4.69) is 17.6 Å². The average molecular weight is 475 g/mol. The van der Waals surface area contributed by atoms with Gasteiger partial charge in [-0.25, -0.2) is 9.37 Å². The number of rotatable bonds is 10. The van der Waals surface area contributed by atoms with E-state index in [9.17, 15) is 19.1 Å². The number of pyridine rings is 1. The number of imidazole rings is 1. The second-order valence-corrected chi connectivity index (χ2v) is 8.25. The molecule has 3 N–H and O–H groups in total. The molecule has 7 nitrogen and oxygen atoms in total. The molecule has 0 radical (unpaired) electrons. The Balaban J connectivity index is 1.74. The van der Waals surface area contributed by atoms with Crippen LogP contribution < -0.4 is 10.6 Å². The zero-order chi connectivity index (χ0) is 24.8. The zero-order valence-corrected chi connectivity index (χ0v) is 19.4. The lowest BCUT2D eigenvalue weighted by Gasteiger charge is -2.17. The number of hydrogen-bond donors (Lipinski definition) is 3. The Labute approximate surface area is 202 Å². The van der Waals surface area contributed by atoms with Crippen LogP contribution in [0.2, 0.25) is 0 Å². The molecule has 0 aliphatic rings. The number of aromatic nitrogens is 2. The van der Waals surface area contributed by atoms with E-state index in [1.54, 1.807) is 52.9 Å². The van der Waals surface area contributed by atoms with E-state index in [0.717, 1.165) is 12.8 Å². The molecule has 0 aliphatic carbocycles. The van der Waals surface area contributed by atoms with E-state index in [0.29, 0.717) is 40.4 Å². The summed E-state index contributed by atoms with van der Waals surface area (Å²) in [6, 6.07) is 17.8. The number of carboxylic acid groups (broad SMARTS) is 1. The van der Waals surface area contributed by atoms with Gasteiger partial charge in [0, 0.05) is 18.3 Å². The minimum atomic E-state index is -1.01. The molecule has 0 spiro atoms. The Morgan fingerprint density at radius 1 is 1.06 bits per heavy atom. The highest BCUT2D eigenvalue weighted by Gasteiger charge is 2.23. The van der Waals surface area contributed by atoms with Gasteiger partial charge in [0.15, 0.2) is 5.65 Å². The first-order valence-corrected chi connectivity index (χ1v) is 11.6. The molecule has 0 saturated carbocycles. The molecule has 0 aliphatic heterocycles. The van der Waals surface area contributed by atoms with Crippen LogP contribution in [0.15, 0.2) is 72.9 Å². The number of halogens is 1. The van der Waals surface area contributed by atoms with Crippen molar-refractivity contribution in [2.75, 3.05) is 11.9 Å². The molecule has 0 bridgehead atoms. The highest BCUT2D eigenvalue weighted by Crippen LogP contribution is 2.30. The molecule has 35 heavy (non-hydrogen) atoms. The Morgan fingerprint density at radius 2 is 1.80 bits per heavy atom. The van der Waals surface area contributed by atoms with Crippen molar-refractivity contribution in [3.63, 3.8) is 0 Å². The lowest BCUT2D eigenvalue weighted by atomic mass is 10.0. The van der Waals surface area contributed by atoms with Crippen LogP contribution >= 0.6 is 0 Å². The van der Waals surface area contributed by atoms with Gasteiger partial charge in [-0.1, -0.05) is 43.7 Å². The van der Waals surface area contributed by atoms with Crippen molar-refractivity contribution in [3.8, 4) is 11.3 Å². The molecule has 1 atom stereocenters. The van der Waals surface area contributed by atoms with Crippen molar-refractivity contribution in [2.45, 2.75) is 32.2 Å². The molecule has 2 aromatic carbocycles. The largest absolute Gasteiger partial charge is 0.481 e. The molecule has 4 aromatic rings. The number of carbonyl (C=O) groups is 2. The van der Waals surface area contributed by atoms with E-state index >= 15 is 0 Å². The molecule has 2 aromatic heterocycles. The van der Waals surface area contributed by atoms with Crippen molar-refractivity contribution in [3.05, 3.63) is 89.9 Å². The molecule has 0 fully saturated rings. The maximum atomic E-state index is 13.5. The highest BCUT2D eigenvalue weighted by atomic mass is 19.1. The van der Waals surface area contributed by atoms with Crippen LogP contribution in [0.25, 0.3) is 16.9 Å². The second kappa shape index (κ2) is 10.8. The zero-order valence-electron chi connectivity index (χ0n) is 19.4. The van der Waals surface area contributed by atoms with Gasteiger partial charge < -0.3 is 15.7 Å². The molecule has 8 heteroatoms. The third kappa shape index (κ3) is 5.48. The monoisotopic (exact) mass is 474 g/mol. The van der Waals surface area contributed by atoms with Gasteiger partial charge in [-0.3, -0.25) is 14.0 Å². The minimum absolute atomic E-state index is 0.252. The number of aliphatic carboxylic acids is 1. The fourth-order valence-electron chi connectivity index (χ4n) is 3.95. The van der Waals surface area contributed by atoms with Gasteiger partial charge in [0.25, 0.3) is 5.91 Å². The Hall–Kier alpha value is -4.20. The number of carbonyl (C=O) groups excluding carboxylic acids is 1. The number of hydrogen-bond acceptors (Lipinski definition) is 4. The maximum absolute atomic E-state index is 13.5. The quantitative estimate of drug-likeness (QED) is 0.271. The summed E-state index contributed by atoms with van der Waals surface area (Å²) in [6.45, 7) is 2.81. The van der Waals surface area contributed by atoms with Gasteiger partial charge in [-0.15, -0.1) is 0 Å². The van der Waals surface area contributed by atoms with Crippen LogP contribution in [0.5, 0.6) is 0 Å². The van der Waals surface area contributed by atoms with Crippen LogP contribution in [-0.4, -0.2) is 32.9 Å². The predicted molar refractivity (Wildman–Crippen MR) is 133 cm³/mol. The Bertz CT molecular complexity index is 1320. The molecule has 180 valence electrons. The fraction of sp³-hybridized carbons (Fsp3) is 0.222. The van der Waals surface area contributed by atoms with Crippen LogP contribution in [0.1, 0.15) is 48.1 Å². The lowest BCUT2D eigenvalue weighted by molar-refractivity contribution is -0.137. The summed E-state index contributed by atoms with van der Waals surface area (Å²) in [5, 5.41) is 15.7. The number of amides is 1. The van der Waals surface area contributed by atoms with E-state index < -0.39 is 17.9 Å². The van der Waals surface area contributed by atoms with Crippen molar-refractivity contribution >= 4 is 23.3 Å². The summed E-state index contributed by atoms with van der Waals surface area (Å²) in [4.78, 5) is 29.6. The van der Waals surface area contributed by atoms with Crippen molar-refractivity contribution in [1.29, 1.82) is 0 Å². The molecule has 1 amide bonds. The third-order valence-corrected chi connectivity index (χ3v) is 5.72. The second-order valence-electron chi connectivity index (χ2n) is 8.25. The van der Waals surface area contributed by atoms with Gasteiger partial charge in [0.05, 0.1) is 18.0 Å². The number of anilines is 1. The molecule has 4 rings (SSSR count). The Kier molecular flexibility index (Phi) is 7.40. The fourth-order valence-corrected chi connectivity index (χ4v) is 3.95. The molecular weight excluding hydrogens is 447 g/mol. The van der Waals surface area contributed by atoms with E-state index in [1.807, 2.05) is 12.3 Å². The van der Waals surface area contributed by atoms with Crippen LogP contribution in [0.4, 0.5) is 10.2 Å². The summed E-state index contributed by atoms with van der Waals surface area (Å²) in [7, 11) is 0. The van der Waals surface area contributed by atoms with Gasteiger partial charge in [-0.05, 0) is 48.4 Å². The molecule has 1 unspecified atom stereocenters. The number of benzene rings is 2. The summed E-state index contributed by atoms with van der Waals surface area (Å²) < 4.78 is 15.3. The predicted octanol–water partition coefficient (Wildman–Crippen LogP) is 5.30. The van der Waals surface area contributed by atoms with Gasteiger partial charge in [0.2, 0.25) is 0 Å². The maximum Gasteiger partial charge on any atom is 0.305 e.